The van der Waals surface area contributed by atoms with Gasteiger partial charge in [-0.05, 0) is 30.7 Å². The summed E-state index contributed by atoms with van der Waals surface area (Å²) >= 11 is 6.19. The van der Waals surface area contributed by atoms with Gasteiger partial charge < -0.3 is 15.2 Å². The summed E-state index contributed by atoms with van der Waals surface area (Å²) in [5.74, 6) is 0.733. The van der Waals surface area contributed by atoms with Crippen molar-refractivity contribution >= 4 is 22.5 Å². The Morgan fingerprint density at radius 3 is 3.00 bits per heavy atom. The number of rotatable bonds is 5. The lowest BCUT2D eigenvalue weighted by molar-refractivity contribution is -0.0976. The molecule has 0 spiro atoms. The zero-order chi connectivity index (χ0) is 14.8. The minimum atomic E-state index is -0.0422. The second-order valence-corrected chi connectivity index (χ2v) is 5.74. The molecule has 0 bridgehead atoms. The summed E-state index contributed by atoms with van der Waals surface area (Å²) in [6.07, 6.45) is 3.45. The van der Waals surface area contributed by atoms with Crippen molar-refractivity contribution in [2.45, 2.75) is 38.0 Å². The van der Waals surface area contributed by atoms with Gasteiger partial charge in [-0.25, -0.2) is 0 Å². The van der Waals surface area contributed by atoms with Crippen LogP contribution in [-0.4, -0.2) is 29.8 Å². The standard InChI is InChI=1S/C16H19ClN2O2/c1-2-8-20-16-12(18)9-14(16)21-13-6-5-11(17)10-4-3-7-19-15(10)13/h3-7,12,14,16H,2,8-9,18H2,1H3. The Labute approximate surface area is 129 Å². The maximum absolute atomic E-state index is 6.19. The summed E-state index contributed by atoms with van der Waals surface area (Å²) in [6, 6.07) is 7.55. The first-order valence-corrected chi connectivity index (χ1v) is 7.65. The van der Waals surface area contributed by atoms with E-state index in [4.69, 9.17) is 26.8 Å². The van der Waals surface area contributed by atoms with E-state index in [0.29, 0.717) is 11.6 Å². The van der Waals surface area contributed by atoms with Gasteiger partial charge in [0.25, 0.3) is 0 Å². The van der Waals surface area contributed by atoms with Crippen LogP contribution in [0.5, 0.6) is 5.75 Å². The van der Waals surface area contributed by atoms with Crippen LogP contribution < -0.4 is 10.5 Å². The fourth-order valence-corrected chi connectivity index (χ4v) is 2.80. The Morgan fingerprint density at radius 1 is 1.38 bits per heavy atom. The summed E-state index contributed by atoms with van der Waals surface area (Å²) in [5.41, 5.74) is 6.78. The second-order valence-electron chi connectivity index (χ2n) is 5.34. The Bertz CT molecular complexity index is 635. The van der Waals surface area contributed by atoms with Crippen LogP contribution in [0.2, 0.25) is 5.02 Å². The number of pyridine rings is 1. The van der Waals surface area contributed by atoms with Crippen LogP contribution in [0.25, 0.3) is 10.9 Å². The minimum absolute atomic E-state index is 0.0158. The molecule has 112 valence electrons. The van der Waals surface area contributed by atoms with Crippen molar-refractivity contribution in [3.8, 4) is 5.75 Å². The number of halogens is 1. The molecule has 1 aliphatic rings. The summed E-state index contributed by atoms with van der Waals surface area (Å²) < 4.78 is 11.8. The molecule has 21 heavy (non-hydrogen) atoms. The molecule has 1 heterocycles. The zero-order valence-corrected chi connectivity index (χ0v) is 12.7. The van der Waals surface area contributed by atoms with Crippen molar-refractivity contribution in [1.82, 2.24) is 4.98 Å². The molecule has 5 heteroatoms. The largest absolute Gasteiger partial charge is 0.485 e. The molecule has 3 atom stereocenters. The van der Waals surface area contributed by atoms with Crippen molar-refractivity contribution in [3.63, 3.8) is 0 Å². The van der Waals surface area contributed by atoms with E-state index in [-0.39, 0.29) is 18.2 Å². The van der Waals surface area contributed by atoms with E-state index in [1.165, 1.54) is 0 Å². The molecule has 3 unspecified atom stereocenters. The summed E-state index contributed by atoms with van der Waals surface area (Å²) in [5, 5.41) is 1.57. The van der Waals surface area contributed by atoms with E-state index in [2.05, 4.69) is 11.9 Å². The molecule has 1 aromatic carbocycles. The molecule has 3 rings (SSSR count). The summed E-state index contributed by atoms with van der Waals surface area (Å²) in [7, 11) is 0. The van der Waals surface area contributed by atoms with Crippen LogP contribution in [-0.2, 0) is 4.74 Å². The van der Waals surface area contributed by atoms with Gasteiger partial charge in [0, 0.05) is 30.7 Å². The van der Waals surface area contributed by atoms with E-state index in [9.17, 15) is 0 Å². The highest BCUT2D eigenvalue weighted by atomic mass is 35.5. The monoisotopic (exact) mass is 306 g/mol. The molecule has 0 radical (unpaired) electrons. The number of benzene rings is 1. The van der Waals surface area contributed by atoms with Gasteiger partial charge >= 0.3 is 0 Å². The summed E-state index contributed by atoms with van der Waals surface area (Å²) in [6.45, 7) is 2.79. The number of ether oxygens (including phenoxy) is 2. The van der Waals surface area contributed by atoms with Gasteiger partial charge in [-0.2, -0.15) is 0 Å². The van der Waals surface area contributed by atoms with Gasteiger partial charge in [0.2, 0.25) is 0 Å². The molecule has 2 N–H and O–H groups in total. The molecule has 1 aromatic heterocycles. The Hall–Kier alpha value is -1.36. The molecule has 1 saturated carbocycles. The lowest BCUT2D eigenvalue weighted by Crippen LogP contribution is -2.59. The summed E-state index contributed by atoms with van der Waals surface area (Å²) in [4.78, 5) is 4.38. The lowest BCUT2D eigenvalue weighted by Gasteiger charge is -2.41. The molecule has 0 amide bonds. The molecular weight excluding hydrogens is 288 g/mol. The number of hydrogen-bond acceptors (Lipinski definition) is 4. The third-order valence-electron chi connectivity index (χ3n) is 3.77. The molecule has 4 nitrogen and oxygen atoms in total. The maximum atomic E-state index is 6.19. The van der Waals surface area contributed by atoms with Crippen molar-refractivity contribution in [2.24, 2.45) is 5.73 Å². The molecule has 1 aliphatic carbocycles. The highest BCUT2D eigenvalue weighted by molar-refractivity contribution is 6.35. The second kappa shape index (κ2) is 6.18. The van der Waals surface area contributed by atoms with E-state index in [0.717, 1.165) is 29.5 Å². The van der Waals surface area contributed by atoms with Crippen molar-refractivity contribution in [2.75, 3.05) is 6.61 Å². The predicted molar refractivity (Wildman–Crippen MR) is 83.8 cm³/mol. The van der Waals surface area contributed by atoms with Crippen molar-refractivity contribution in [1.29, 1.82) is 0 Å². The quantitative estimate of drug-likeness (QED) is 0.922. The SMILES string of the molecule is CCCOC1C(N)CC1Oc1ccc(Cl)c2cccnc12. The van der Waals surface area contributed by atoms with E-state index >= 15 is 0 Å². The van der Waals surface area contributed by atoms with Gasteiger partial charge in [-0.1, -0.05) is 18.5 Å². The smallest absolute Gasteiger partial charge is 0.146 e. The van der Waals surface area contributed by atoms with Crippen LogP contribution in [0.3, 0.4) is 0 Å². The normalized spacial score (nSPS) is 24.8. The van der Waals surface area contributed by atoms with E-state index < -0.39 is 0 Å². The first kappa shape index (κ1) is 14.6. The van der Waals surface area contributed by atoms with Gasteiger partial charge in [-0.3, -0.25) is 4.98 Å². The topological polar surface area (TPSA) is 57.4 Å². The average molecular weight is 307 g/mol. The average Bonchev–Trinajstić information content (AvgIpc) is 2.50. The number of nitrogens with zero attached hydrogens (tertiary/aromatic N) is 1. The maximum Gasteiger partial charge on any atom is 0.146 e. The molecular formula is C16H19ClN2O2. The van der Waals surface area contributed by atoms with Crippen LogP contribution in [0.1, 0.15) is 19.8 Å². The van der Waals surface area contributed by atoms with Gasteiger partial charge in [0.1, 0.15) is 23.5 Å². The van der Waals surface area contributed by atoms with Crippen molar-refractivity contribution < 1.29 is 9.47 Å². The molecule has 1 fully saturated rings. The van der Waals surface area contributed by atoms with Gasteiger partial charge in [-0.15, -0.1) is 0 Å². The van der Waals surface area contributed by atoms with Gasteiger partial charge in [0.15, 0.2) is 0 Å². The van der Waals surface area contributed by atoms with Crippen molar-refractivity contribution in [3.05, 3.63) is 35.5 Å². The Kier molecular flexibility index (Phi) is 4.29. The van der Waals surface area contributed by atoms with Gasteiger partial charge in [0.05, 0.1) is 5.02 Å². The third-order valence-corrected chi connectivity index (χ3v) is 4.09. The van der Waals surface area contributed by atoms with E-state index in [1.54, 1.807) is 6.20 Å². The highest BCUT2D eigenvalue weighted by Crippen LogP contribution is 2.34. The first-order chi connectivity index (χ1) is 10.2. The Balaban J connectivity index is 1.81. The molecule has 0 aliphatic heterocycles. The highest BCUT2D eigenvalue weighted by Gasteiger charge is 2.41. The number of hydrogen-bond donors (Lipinski definition) is 1. The third kappa shape index (κ3) is 2.84. The van der Waals surface area contributed by atoms with Crippen LogP contribution in [0.4, 0.5) is 0 Å². The van der Waals surface area contributed by atoms with Crippen LogP contribution >= 0.6 is 11.6 Å². The number of nitrogens with two attached hydrogens (primary N) is 1. The Morgan fingerprint density at radius 2 is 2.24 bits per heavy atom. The predicted octanol–water partition coefficient (Wildman–Crippen LogP) is 3.16. The van der Waals surface area contributed by atoms with E-state index in [1.807, 2.05) is 24.3 Å². The van der Waals surface area contributed by atoms with Crippen LogP contribution in [0, 0.1) is 0 Å². The van der Waals surface area contributed by atoms with Crippen LogP contribution in [0.15, 0.2) is 30.5 Å². The fourth-order valence-electron chi connectivity index (χ4n) is 2.59. The molecule has 0 saturated heterocycles. The molecule has 2 aromatic rings. The number of fused-ring (bicyclic) bond motifs is 1. The lowest BCUT2D eigenvalue weighted by atomic mass is 9.86. The zero-order valence-electron chi connectivity index (χ0n) is 12.0. The number of aromatic nitrogens is 1. The fraction of sp³-hybridized carbons (Fsp3) is 0.438. The first-order valence-electron chi connectivity index (χ1n) is 7.27. The minimum Gasteiger partial charge on any atom is -0.485 e.